The van der Waals surface area contributed by atoms with Crippen LogP contribution >= 0.6 is 0 Å². The first-order valence-corrected chi connectivity index (χ1v) is 0. The third-order valence-electron chi connectivity index (χ3n) is 0. The van der Waals surface area contributed by atoms with E-state index in [1.807, 2.05) is 0 Å². The van der Waals surface area contributed by atoms with Crippen molar-refractivity contribution in [2.75, 3.05) is 0 Å². The Balaban J connectivity index is 0. The molecular formula is HfLaReW. The minimum Gasteiger partial charge on any atom is 0 e. The topological polar surface area (TPSA) is 0 Å². The van der Waals surface area contributed by atoms with E-state index in [9.17, 15) is 0 Å². The summed E-state index contributed by atoms with van der Waals surface area (Å²) < 4.78 is 0. The molecule has 0 N–H and O–H groups in total. The standard InChI is InChI=1S/Hf.La.Re.W. The molecule has 0 aromatic heterocycles. The van der Waals surface area contributed by atoms with Crippen LogP contribution in [0.15, 0.2) is 0 Å². The normalized spacial score (nSPS) is 0. The molecule has 0 saturated carbocycles. The molecule has 0 amide bonds. The number of hydrogen-bond acceptors (Lipinski definition) is 0. The molecule has 0 aliphatic carbocycles. The zero-order valence-electron chi connectivity index (χ0n) is 1.86. The Bertz CT molecular complexity index is 8.00. The van der Waals surface area contributed by atoms with Crippen molar-refractivity contribution >= 4 is 0 Å². The summed E-state index contributed by atoms with van der Waals surface area (Å²) in [5, 5.41) is 0. The van der Waals surface area contributed by atoms with Crippen molar-refractivity contribution in [1.29, 1.82) is 0 Å². The van der Waals surface area contributed by atoms with Gasteiger partial charge in [-0.15, -0.1) is 0 Å². The van der Waals surface area contributed by atoms with E-state index in [0.29, 0.717) is 0 Å². The van der Waals surface area contributed by atoms with E-state index in [2.05, 4.69) is 0 Å². The quantitative estimate of drug-likeness (QED) is 0.315. The van der Waals surface area contributed by atoms with Crippen LogP contribution in [0.25, 0.3) is 0 Å². The van der Waals surface area contributed by atoms with E-state index in [0.717, 1.165) is 0 Å². The first-order chi connectivity index (χ1) is 0. The van der Waals surface area contributed by atoms with E-state index in [-0.39, 0.29) is 103 Å². The Labute approximate surface area is 101 Å². The Morgan fingerprint density at radius 1 is 1.00 bits per heavy atom. The number of hydrogen-bond donors (Lipinski definition) is 0. The second-order valence-electron chi connectivity index (χ2n) is 0. The van der Waals surface area contributed by atoms with Crippen LogP contribution in [-0.2, 0) is 67.3 Å². The maximum absolute atomic E-state index is 0. The van der Waals surface area contributed by atoms with Crippen LogP contribution in [0.4, 0.5) is 0 Å². The van der Waals surface area contributed by atoms with Gasteiger partial charge in [-0.1, -0.05) is 0 Å². The summed E-state index contributed by atoms with van der Waals surface area (Å²) >= 11 is 0. The van der Waals surface area contributed by atoms with Crippen molar-refractivity contribution in [2.24, 2.45) is 0 Å². The van der Waals surface area contributed by atoms with Gasteiger partial charge >= 0.3 is 0 Å². The van der Waals surface area contributed by atoms with Gasteiger partial charge in [0.1, 0.15) is 0 Å². The Morgan fingerprint density at radius 3 is 1.00 bits per heavy atom. The molecule has 0 spiro atoms. The van der Waals surface area contributed by atoms with Crippen LogP contribution in [0.3, 0.4) is 0 Å². The zero-order chi connectivity index (χ0) is 0. The van der Waals surface area contributed by atoms with Gasteiger partial charge in [-0.25, -0.2) is 0 Å². The fraction of sp³-hybridized carbons (Fsp3) is 0. The predicted molar refractivity (Wildman–Crippen MR) is 0 cm³/mol. The van der Waals surface area contributed by atoms with Gasteiger partial charge in [0.25, 0.3) is 0 Å². The monoisotopic (exact) mass is 690 g/mol. The molecule has 0 heterocycles. The molecule has 2 radical (unpaired) electrons. The molecule has 0 rings (SSSR count). The molecule has 0 saturated heterocycles. The van der Waals surface area contributed by atoms with E-state index >= 15 is 0 Å². The van der Waals surface area contributed by atoms with E-state index in [1.54, 1.807) is 0 Å². The SMILES string of the molecule is [Hf].[La].[Re].[W]. The smallest absolute Gasteiger partial charge is 0 e. The second kappa shape index (κ2) is 16.1. The number of rotatable bonds is 0. The maximum atomic E-state index is 0. The molecule has 4 heteroatoms. The molecule has 0 nitrogen and oxygen atoms in total. The minimum atomic E-state index is 0. The Morgan fingerprint density at radius 2 is 1.00 bits per heavy atom. The molecule has 0 aliphatic heterocycles. The molecule has 0 unspecified atom stereocenters. The average molecular weight is 687 g/mol. The summed E-state index contributed by atoms with van der Waals surface area (Å²) in [7, 11) is 0. The summed E-state index contributed by atoms with van der Waals surface area (Å²) in [6, 6.07) is 0. The zero-order valence-corrected chi connectivity index (χ0v) is 14.7. The third-order valence-corrected chi connectivity index (χ3v) is 0. The van der Waals surface area contributed by atoms with Crippen molar-refractivity contribution < 1.29 is 103 Å². The van der Waals surface area contributed by atoms with Gasteiger partial charge in [-0.3, -0.25) is 0 Å². The van der Waals surface area contributed by atoms with Gasteiger partial charge in [0, 0.05) is 103 Å². The van der Waals surface area contributed by atoms with Crippen LogP contribution in [0.2, 0.25) is 0 Å². The van der Waals surface area contributed by atoms with Gasteiger partial charge < -0.3 is 0 Å². The summed E-state index contributed by atoms with van der Waals surface area (Å²) in [6.45, 7) is 0. The van der Waals surface area contributed by atoms with Crippen molar-refractivity contribution in [3.8, 4) is 0 Å². The van der Waals surface area contributed by atoms with Crippen molar-refractivity contribution in [3.63, 3.8) is 0 Å². The fourth-order valence-electron chi connectivity index (χ4n) is 0. The van der Waals surface area contributed by atoms with Crippen LogP contribution in [0, 0.1) is 35.6 Å². The molecule has 0 bridgehead atoms. The van der Waals surface area contributed by atoms with E-state index in [1.165, 1.54) is 0 Å². The largest absolute Gasteiger partial charge is 0 e. The molecule has 0 fully saturated rings. The van der Waals surface area contributed by atoms with Crippen LogP contribution in [0.5, 0.6) is 0 Å². The summed E-state index contributed by atoms with van der Waals surface area (Å²) in [4.78, 5) is 0. The average Bonchev–Trinajstić information content (AvgIpc) is 0. The third kappa shape index (κ3) is 9.05. The molecule has 0 aromatic rings. The second-order valence-corrected chi connectivity index (χ2v) is 0. The van der Waals surface area contributed by atoms with Gasteiger partial charge in [0.15, 0.2) is 0 Å². The molecule has 20 valence electrons. The predicted octanol–water partition coefficient (Wildman–Crippen LogP) is -0.00750. The molecule has 0 aromatic carbocycles. The molecule has 0 atom stereocenters. The Hall–Kier alpha value is 3.42. The molecule has 0 aliphatic rings. The fourth-order valence-corrected chi connectivity index (χ4v) is 0. The van der Waals surface area contributed by atoms with Crippen LogP contribution in [-0.4, -0.2) is 0 Å². The first-order valence-electron chi connectivity index (χ1n) is 0. The Kier molecular flexibility index (Phi) is 105. The minimum absolute atomic E-state index is 0. The van der Waals surface area contributed by atoms with Gasteiger partial charge in [0.2, 0.25) is 0 Å². The van der Waals surface area contributed by atoms with Gasteiger partial charge in [-0.2, -0.15) is 0 Å². The summed E-state index contributed by atoms with van der Waals surface area (Å²) in [6.07, 6.45) is 0. The van der Waals surface area contributed by atoms with E-state index < -0.39 is 0 Å². The summed E-state index contributed by atoms with van der Waals surface area (Å²) in [5.74, 6) is 0. The molecular weight excluding hydrogens is 687 g/mol. The van der Waals surface area contributed by atoms with Crippen molar-refractivity contribution in [3.05, 3.63) is 0 Å². The van der Waals surface area contributed by atoms with Gasteiger partial charge in [-0.05, 0) is 0 Å². The molecule has 4 heavy (non-hydrogen) atoms. The van der Waals surface area contributed by atoms with Crippen LogP contribution in [0.1, 0.15) is 0 Å². The van der Waals surface area contributed by atoms with Crippen molar-refractivity contribution in [2.45, 2.75) is 0 Å². The van der Waals surface area contributed by atoms with E-state index in [4.69, 9.17) is 0 Å². The first kappa shape index (κ1) is 26.2. The maximum Gasteiger partial charge on any atom is 0 e. The van der Waals surface area contributed by atoms with Crippen LogP contribution < -0.4 is 0 Å². The van der Waals surface area contributed by atoms with Crippen molar-refractivity contribution in [1.82, 2.24) is 0 Å². The summed E-state index contributed by atoms with van der Waals surface area (Å²) in [5.41, 5.74) is 0. The van der Waals surface area contributed by atoms with Gasteiger partial charge in [0.05, 0.1) is 0 Å².